The van der Waals surface area contributed by atoms with Gasteiger partial charge in [0.25, 0.3) is 5.91 Å². The SMILES string of the molecule is C[C@@H](OC(=O)/C=C/c1sc2ccccc2c1Cl)C(=O)NCCC1=CCCCC1. The molecule has 1 aromatic heterocycles. The van der Waals surface area contributed by atoms with Crippen LogP contribution >= 0.6 is 22.9 Å². The van der Waals surface area contributed by atoms with Crippen LogP contribution in [0.5, 0.6) is 0 Å². The van der Waals surface area contributed by atoms with Crippen molar-refractivity contribution in [3.8, 4) is 0 Å². The molecular formula is C22H24ClNO3S. The Balaban J connectivity index is 1.47. The Kier molecular flexibility index (Phi) is 7.29. The summed E-state index contributed by atoms with van der Waals surface area (Å²) < 4.78 is 6.26. The molecule has 0 radical (unpaired) electrons. The molecule has 1 N–H and O–H groups in total. The van der Waals surface area contributed by atoms with E-state index in [1.165, 1.54) is 35.8 Å². The largest absolute Gasteiger partial charge is 0.449 e. The molecule has 28 heavy (non-hydrogen) atoms. The monoisotopic (exact) mass is 417 g/mol. The number of thiophene rings is 1. The standard InChI is InChI=1S/C22H24ClNO3S/c1-15(22(26)24-14-13-16-7-3-2-4-8-16)27-20(25)12-11-19-21(23)17-9-5-6-10-18(17)28-19/h5-7,9-12,15H,2-4,8,13-14H2,1H3,(H,24,26)/b12-11+/t15-/m1/s1. The van der Waals surface area contributed by atoms with Gasteiger partial charge in [-0.1, -0.05) is 41.4 Å². The van der Waals surface area contributed by atoms with E-state index in [1.807, 2.05) is 24.3 Å². The van der Waals surface area contributed by atoms with Crippen molar-refractivity contribution in [2.24, 2.45) is 0 Å². The average molecular weight is 418 g/mol. The Morgan fingerprint density at radius 3 is 2.89 bits per heavy atom. The summed E-state index contributed by atoms with van der Waals surface area (Å²) in [5.74, 6) is -0.843. The lowest BCUT2D eigenvalue weighted by atomic mass is 9.97. The van der Waals surface area contributed by atoms with Crippen LogP contribution < -0.4 is 5.32 Å². The molecule has 1 aliphatic carbocycles. The minimum absolute atomic E-state index is 0.280. The zero-order chi connectivity index (χ0) is 19.9. The van der Waals surface area contributed by atoms with Crippen molar-refractivity contribution in [1.29, 1.82) is 0 Å². The van der Waals surface area contributed by atoms with Crippen molar-refractivity contribution < 1.29 is 14.3 Å². The highest BCUT2D eigenvalue weighted by atomic mass is 35.5. The second-order valence-corrected chi connectivity index (χ2v) is 8.30. The zero-order valence-electron chi connectivity index (χ0n) is 15.9. The molecule has 0 unspecified atom stereocenters. The van der Waals surface area contributed by atoms with E-state index < -0.39 is 12.1 Å². The molecule has 6 heteroatoms. The van der Waals surface area contributed by atoms with Crippen LogP contribution in [0.2, 0.25) is 5.02 Å². The maximum absolute atomic E-state index is 12.1. The second-order valence-electron chi connectivity index (χ2n) is 6.84. The van der Waals surface area contributed by atoms with E-state index in [1.54, 1.807) is 13.0 Å². The molecule has 3 rings (SSSR count). The van der Waals surface area contributed by atoms with E-state index in [0.717, 1.165) is 34.2 Å². The lowest BCUT2D eigenvalue weighted by molar-refractivity contribution is -0.150. The Morgan fingerprint density at radius 2 is 2.14 bits per heavy atom. The smallest absolute Gasteiger partial charge is 0.331 e. The number of rotatable bonds is 7. The first kappa shape index (κ1) is 20.6. The predicted molar refractivity (Wildman–Crippen MR) is 116 cm³/mol. The van der Waals surface area contributed by atoms with Crippen LogP contribution in [0.4, 0.5) is 0 Å². The molecule has 1 aromatic carbocycles. The molecule has 2 aromatic rings. The number of ether oxygens (including phenoxy) is 1. The first-order valence-electron chi connectivity index (χ1n) is 9.56. The van der Waals surface area contributed by atoms with Crippen LogP contribution in [-0.2, 0) is 14.3 Å². The van der Waals surface area contributed by atoms with Gasteiger partial charge in [0.15, 0.2) is 6.10 Å². The average Bonchev–Trinajstić information content (AvgIpc) is 3.03. The number of carbonyl (C=O) groups is 2. The van der Waals surface area contributed by atoms with Gasteiger partial charge in [-0.3, -0.25) is 4.79 Å². The summed E-state index contributed by atoms with van der Waals surface area (Å²) in [4.78, 5) is 24.9. The summed E-state index contributed by atoms with van der Waals surface area (Å²) in [7, 11) is 0. The third kappa shape index (κ3) is 5.46. The maximum Gasteiger partial charge on any atom is 0.331 e. The second kappa shape index (κ2) is 9.89. The molecule has 1 amide bonds. The van der Waals surface area contributed by atoms with Gasteiger partial charge in [-0.05, 0) is 51.2 Å². The molecule has 0 saturated carbocycles. The topological polar surface area (TPSA) is 55.4 Å². The summed E-state index contributed by atoms with van der Waals surface area (Å²) in [6.07, 6.45) is 9.96. The van der Waals surface area contributed by atoms with E-state index in [2.05, 4.69) is 11.4 Å². The first-order chi connectivity index (χ1) is 13.5. The molecule has 4 nitrogen and oxygen atoms in total. The summed E-state index contributed by atoms with van der Waals surface area (Å²) in [5, 5.41) is 4.41. The van der Waals surface area contributed by atoms with E-state index in [-0.39, 0.29) is 5.91 Å². The van der Waals surface area contributed by atoms with Crippen molar-refractivity contribution in [3.05, 3.63) is 51.9 Å². The molecule has 0 fully saturated rings. The normalized spacial score (nSPS) is 15.4. The van der Waals surface area contributed by atoms with Gasteiger partial charge in [-0.25, -0.2) is 4.79 Å². The quantitative estimate of drug-likeness (QED) is 0.367. The summed E-state index contributed by atoms with van der Waals surface area (Å²) in [6.45, 7) is 2.15. The van der Waals surface area contributed by atoms with Crippen molar-refractivity contribution in [2.45, 2.75) is 45.1 Å². The minimum Gasteiger partial charge on any atom is -0.449 e. The van der Waals surface area contributed by atoms with Crippen LogP contribution in [0.3, 0.4) is 0 Å². The number of benzene rings is 1. The fourth-order valence-electron chi connectivity index (χ4n) is 3.17. The van der Waals surface area contributed by atoms with Gasteiger partial charge in [0.05, 0.1) is 5.02 Å². The van der Waals surface area contributed by atoms with Gasteiger partial charge in [0.1, 0.15) is 0 Å². The van der Waals surface area contributed by atoms with Gasteiger partial charge in [0, 0.05) is 27.6 Å². The van der Waals surface area contributed by atoms with E-state index >= 15 is 0 Å². The molecule has 1 aliphatic rings. The molecular weight excluding hydrogens is 394 g/mol. The van der Waals surface area contributed by atoms with Crippen molar-refractivity contribution in [3.63, 3.8) is 0 Å². The van der Waals surface area contributed by atoms with Crippen LogP contribution in [0, 0.1) is 0 Å². The predicted octanol–water partition coefficient (Wildman–Crippen LogP) is 5.51. The highest BCUT2D eigenvalue weighted by Gasteiger charge is 2.16. The molecule has 0 saturated heterocycles. The molecule has 148 valence electrons. The number of nitrogens with one attached hydrogen (secondary N) is 1. The van der Waals surface area contributed by atoms with E-state index in [4.69, 9.17) is 16.3 Å². The number of halogens is 1. The number of carbonyl (C=O) groups excluding carboxylic acids is 2. The summed E-state index contributed by atoms with van der Waals surface area (Å²) in [6, 6.07) is 7.80. The third-order valence-electron chi connectivity index (χ3n) is 4.72. The number of esters is 1. The van der Waals surface area contributed by atoms with Gasteiger partial charge in [-0.15, -0.1) is 11.3 Å². The number of fused-ring (bicyclic) bond motifs is 1. The molecule has 0 spiro atoms. The lowest BCUT2D eigenvalue weighted by Crippen LogP contribution is -2.36. The lowest BCUT2D eigenvalue weighted by Gasteiger charge is -2.15. The number of amides is 1. The Hall–Kier alpha value is -2.11. The van der Waals surface area contributed by atoms with Gasteiger partial charge in [0.2, 0.25) is 0 Å². The molecule has 0 aliphatic heterocycles. The number of hydrogen-bond acceptors (Lipinski definition) is 4. The van der Waals surface area contributed by atoms with Crippen molar-refractivity contribution >= 4 is 51.0 Å². The fraction of sp³-hybridized carbons (Fsp3) is 0.364. The Morgan fingerprint density at radius 1 is 1.32 bits per heavy atom. The van der Waals surface area contributed by atoms with Crippen LogP contribution in [-0.4, -0.2) is 24.5 Å². The van der Waals surface area contributed by atoms with Gasteiger partial charge < -0.3 is 10.1 Å². The van der Waals surface area contributed by atoms with Crippen LogP contribution in [0.1, 0.15) is 43.9 Å². The van der Waals surface area contributed by atoms with Gasteiger partial charge >= 0.3 is 5.97 Å². The van der Waals surface area contributed by atoms with Crippen LogP contribution in [0.15, 0.2) is 42.0 Å². The van der Waals surface area contributed by atoms with Crippen molar-refractivity contribution in [1.82, 2.24) is 5.32 Å². The molecule has 0 bridgehead atoms. The Labute approximate surface area is 174 Å². The fourth-order valence-corrected chi connectivity index (χ4v) is 4.57. The zero-order valence-corrected chi connectivity index (χ0v) is 17.4. The summed E-state index contributed by atoms with van der Waals surface area (Å²) >= 11 is 7.86. The highest BCUT2D eigenvalue weighted by molar-refractivity contribution is 7.20. The highest BCUT2D eigenvalue weighted by Crippen LogP contribution is 2.35. The Bertz CT molecular complexity index is 916. The number of allylic oxidation sites excluding steroid dienone is 1. The van der Waals surface area contributed by atoms with Crippen molar-refractivity contribution in [2.75, 3.05) is 6.54 Å². The van der Waals surface area contributed by atoms with Gasteiger partial charge in [-0.2, -0.15) is 0 Å². The molecule has 1 atom stereocenters. The summed E-state index contributed by atoms with van der Waals surface area (Å²) in [5.41, 5.74) is 1.40. The third-order valence-corrected chi connectivity index (χ3v) is 6.38. The first-order valence-corrected chi connectivity index (χ1v) is 10.8. The minimum atomic E-state index is -0.838. The molecule has 1 heterocycles. The maximum atomic E-state index is 12.1. The number of hydrogen-bond donors (Lipinski definition) is 1. The van der Waals surface area contributed by atoms with E-state index in [0.29, 0.717) is 11.6 Å². The van der Waals surface area contributed by atoms with Crippen LogP contribution in [0.25, 0.3) is 16.2 Å². The van der Waals surface area contributed by atoms with E-state index in [9.17, 15) is 9.59 Å².